The number of hydrogen-bond acceptors (Lipinski definition) is 2. The van der Waals surface area contributed by atoms with E-state index < -0.39 is 5.97 Å². The fourth-order valence-corrected chi connectivity index (χ4v) is 2.19. The quantitative estimate of drug-likeness (QED) is 0.641. The molecule has 1 N–H and O–H groups in total. The molecule has 3 heteroatoms. The summed E-state index contributed by atoms with van der Waals surface area (Å²) in [4.78, 5) is 11.7. The second-order valence-corrected chi connectivity index (χ2v) is 4.63. The first-order chi connectivity index (χ1) is 8.13. The van der Waals surface area contributed by atoms with Gasteiger partial charge in [0.25, 0.3) is 0 Å². The highest BCUT2D eigenvalue weighted by atomic mass is 32.2. The SMILES string of the molecule is C#CC=CCSc1ccc(CC(=O)O)c(C)c1. The largest absolute Gasteiger partial charge is 0.481 e. The normalized spacial score (nSPS) is 10.4. The first kappa shape index (κ1) is 13.4. The maximum atomic E-state index is 10.6. The van der Waals surface area contributed by atoms with Crippen LogP contribution in [-0.4, -0.2) is 16.8 Å². The number of terminal acetylenes is 1. The van der Waals surface area contributed by atoms with E-state index in [4.69, 9.17) is 11.5 Å². The van der Waals surface area contributed by atoms with Crippen LogP contribution in [0.25, 0.3) is 0 Å². The molecule has 0 bridgehead atoms. The van der Waals surface area contributed by atoms with Crippen molar-refractivity contribution in [3.8, 4) is 12.3 Å². The Kier molecular flexibility index (Phi) is 5.38. The van der Waals surface area contributed by atoms with Gasteiger partial charge in [0.15, 0.2) is 0 Å². The zero-order valence-corrected chi connectivity index (χ0v) is 10.5. The minimum atomic E-state index is -0.801. The molecule has 0 unspecified atom stereocenters. The van der Waals surface area contributed by atoms with Crippen LogP contribution in [0, 0.1) is 19.3 Å². The molecule has 0 spiro atoms. The molecule has 0 aromatic heterocycles. The molecule has 88 valence electrons. The molecule has 1 rings (SSSR count). The van der Waals surface area contributed by atoms with Crippen molar-refractivity contribution in [3.05, 3.63) is 41.5 Å². The van der Waals surface area contributed by atoms with E-state index in [9.17, 15) is 4.79 Å². The third-order valence-electron chi connectivity index (χ3n) is 2.22. The van der Waals surface area contributed by atoms with E-state index in [-0.39, 0.29) is 6.42 Å². The molecule has 17 heavy (non-hydrogen) atoms. The first-order valence-corrected chi connectivity index (χ1v) is 6.17. The van der Waals surface area contributed by atoms with E-state index in [2.05, 4.69) is 5.92 Å². The summed E-state index contributed by atoms with van der Waals surface area (Å²) in [5.74, 6) is 2.46. The lowest BCUT2D eigenvalue weighted by Gasteiger charge is -2.05. The van der Waals surface area contributed by atoms with Crippen LogP contribution in [0.4, 0.5) is 0 Å². The van der Waals surface area contributed by atoms with Crippen LogP contribution in [0.2, 0.25) is 0 Å². The van der Waals surface area contributed by atoms with Crippen LogP contribution >= 0.6 is 11.8 Å². The van der Waals surface area contributed by atoms with Gasteiger partial charge in [-0.2, -0.15) is 0 Å². The molecular formula is C14H14O2S. The predicted molar refractivity (Wildman–Crippen MR) is 71.2 cm³/mol. The highest BCUT2D eigenvalue weighted by molar-refractivity contribution is 7.99. The van der Waals surface area contributed by atoms with Gasteiger partial charge in [-0.3, -0.25) is 4.79 Å². The first-order valence-electron chi connectivity index (χ1n) is 5.18. The molecule has 0 saturated carbocycles. The monoisotopic (exact) mass is 246 g/mol. The molecule has 0 aliphatic carbocycles. The maximum absolute atomic E-state index is 10.6. The average molecular weight is 246 g/mol. The predicted octanol–water partition coefficient (Wildman–Crippen LogP) is 2.90. The van der Waals surface area contributed by atoms with Gasteiger partial charge < -0.3 is 5.11 Å². The lowest BCUT2D eigenvalue weighted by molar-refractivity contribution is -0.136. The van der Waals surface area contributed by atoms with Gasteiger partial charge in [0.2, 0.25) is 0 Å². The zero-order valence-electron chi connectivity index (χ0n) is 9.64. The van der Waals surface area contributed by atoms with Crippen molar-refractivity contribution in [1.82, 2.24) is 0 Å². The van der Waals surface area contributed by atoms with Gasteiger partial charge in [-0.1, -0.05) is 18.1 Å². The summed E-state index contributed by atoms with van der Waals surface area (Å²) < 4.78 is 0. The molecule has 0 radical (unpaired) electrons. The number of aryl methyl sites for hydroxylation is 1. The molecule has 1 aromatic rings. The summed E-state index contributed by atoms with van der Waals surface area (Å²) in [6.07, 6.45) is 8.77. The Morgan fingerprint density at radius 3 is 2.94 bits per heavy atom. The number of allylic oxidation sites excluding steroid dienone is 1. The van der Waals surface area contributed by atoms with E-state index in [1.165, 1.54) is 0 Å². The van der Waals surface area contributed by atoms with Gasteiger partial charge in [0.1, 0.15) is 0 Å². The average Bonchev–Trinajstić information content (AvgIpc) is 2.27. The number of hydrogen-bond donors (Lipinski definition) is 1. The van der Waals surface area contributed by atoms with Gasteiger partial charge in [-0.15, -0.1) is 18.2 Å². The van der Waals surface area contributed by atoms with Crippen molar-refractivity contribution in [3.63, 3.8) is 0 Å². The second-order valence-electron chi connectivity index (χ2n) is 3.54. The molecule has 0 aliphatic heterocycles. The summed E-state index contributed by atoms with van der Waals surface area (Å²) in [7, 11) is 0. The highest BCUT2D eigenvalue weighted by Gasteiger charge is 2.04. The summed E-state index contributed by atoms with van der Waals surface area (Å²) in [6.45, 7) is 1.93. The van der Waals surface area contributed by atoms with Gasteiger partial charge in [-0.05, 0) is 36.3 Å². The maximum Gasteiger partial charge on any atom is 0.307 e. The number of benzene rings is 1. The number of carboxylic acids is 1. The van der Waals surface area contributed by atoms with Gasteiger partial charge in [0.05, 0.1) is 6.42 Å². The number of carboxylic acid groups (broad SMARTS) is 1. The van der Waals surface area contributed by atoms with Crippen molar-refractivity contribution < 1.29 is 9.90 Å². The summed E-state index contributed by atoms with van der Waals surface area (Å²) >= 11 is 1.67. The molecule has 0 fully saturated rings. The topological polar surface area (TPSA) is 37.3 Å². The van der Waals surface area contributed by atoms with Crippen molar-refractivity contribution in [2.24, 2.45) is 0 Å². The Hall–Kier alpha value is -1.66. The van der Waals surface area contributed by atoms with Crippen molar-refractivity contribution in [2.45, 2.75) is 18.2 Å². The third kappa shape index (κ3) is 4.80. The zero-order chi connectivity index (χ0) is 12.7. The van der Waals surface area contributed by atoms with Crippen molar-refractivity contribution in [2.75, 3.05) is 5.75 Å². The van der Waals surface area contributed by atoms with E-state index in [1.54, 1.807) is 17.8 Å². The van der Waals surface area contributed by atoms with Crippen molar-refractivity contribution in [1.29, 1.82) is 0 Å². The van der Waals surface area contributed by atoms with Crippen molar-refractivity contribution >= 4 is 17.7 Å². The smallest absolute Gasteiger partial charge is 0.307 e. The number of thioether (sulfide) groups is 1. The minimum Gasteiger partial charge on any atom is -0.481 e. The van der Waals surface area contributed by atoms with Crippen LogP contribution in [0.1, 0.15) is 11.1 Å². The summed E-state index contributed by atoms with van der Waals surface area (Å²) in [5.41, 5.74) is 1.87. The number of aliphatic carboxylic acids is 1. The lowest BCUT2D eigenvalue weighted by Crippen LogP contribution is -2.01. The van der Waals surface area contributed by atoms with E-state index in [0.29, 0.717) is 0 Å². The Labute approximate surface area is 106 Å². The van der Waals surface area contributed by atoms with E-state index >= 15 is 0 Å². The Balaban J connectivity index is 2.65. The summed E-state index contributed by atoms with van der Waals surface area (Å²) in [6, 6.07) is 5.82. The van der Waals surface area contributed by atoms with Crippen LogP contribution in [0.5, 0.6) is 0 Å². The van der Waals surface area contributed by atoms with E-state index in [1.807, 2.05) is 31.2 Å². The molecule has 0 aliphatic rings. The molecule has 1 aromatic carbocycles. The van der Waals surface area contributed by atoms with Crippen LogP contribution in [-0.2, 0) is 11.2 Å². The third-order valence-corrected chi connectivity index (χ3v) is 3.16. The number of carbonyl (C=O) groups is 1. The highest BCUT2D eigenvalue weighted by Crippen LogP contribution is 2.21. The van der Waals surface area contributed by atoms with Crippen LogP contribution in [0.15, 0.2) is 35.2 Å². The Bertz CT molecular complexity index is 470. The van der Waals surface area contributed by atoms with Gasteiger partial charge in [0, 0.05) is 10.6 Å². The van der Waals surface area contributed by atoms with Crippen LogP contribution < -0.4 is 0 Å². The Morgan fingerprint density at radius 1 is 1.59 bits per heavy atom. The second kappa shape index (κ2) is 6.82. The van der Waals surface area contributed by atoms with E-state index in [0.717, 1.165) is 21.8 Å². The summed E-state index contributed by atoms with van der Waals surface area (Å²) in [5, 5.41) is 8.73. The molecule has 0 saturated heterocycles. The lowest BCUT2D eigenvalue weighted by atomic mass is 10.1. The molecule has 2 nitrogen and oxygen atoms in total. The fourth-order valence-electron chi connectivity index (χ4n) is 1.38. The molecule has 0 atom stereocenters. The molecular weight excluding hydrogens is 232 g/mol. The van der Waals surface area contributed by atoms with Gasteiger partial charge in [-0.25, -0.2) is 0 Å². The van der Waals surface area contributed by atoms with Gasteiger partial charge >= 0.3 is 5.97 Å². The fraction of sp³-hybridized carbons (Fsp3) is 0.214. The number of rotatable bonds is 5. The molecule has 0 amide bonds. The Morgan fingerprint density at radius 2 is 2.35 bits per heavy atom. The molecule has 0 heterocycles. The minimum absolute atomic E-state index is 0.0772. The van der Waals surface area contributed by atoms with Crippen LogP contribution in [0.3, 0.4) is 0 Å². The standard InChI is InChI=1S/C14H14O2S/c1-3-4-5-8-17-13-7-6-12(10-14(15)16)11(2)9-13/h1,4-7,9H,8,10H2,2H3,(H,15,16).